The molecule has 1 aliphatic carbocycles. The predicted molar refractivity (Wildman–Crippen MR) is 121 cm³/mol. The average Bonchev–Trinajstić information content (AvgIpc) is 3.51. The summed E-state index contributed by atoms with van der Waals surface area (Å²) in [5, 5.41) is 14.6. The van der Waals surface area contributed by atoms with Crippen LogP contribution in [0.15, 0.2) is 35.2 Å². The first kappa shape index (κ1) is 21.6. The molecule has 0 unspecified atom stereocenters. The van der Waals surface area contributed by atoms with Gasteiger partial charge in [0.05, 0.1) is 9.82 Å². The molecule has 1 saturated heterocycles. The molecule has 8 nitrogen and oxygen atoms in total. The van der Waals surface area contributed by atoms with Crippen LogP contribution in [0.1, 0.15) is 29.5 Å². The Morgan fingerprint density at radius 2 is 1.61 bits per heavy atom. The number of piperazine rings is 1. The Kier molecular flexibility index (Phi) is 5.65. The molecule has 0 atom stereocenters. The van der Waals surface area contributed by atoms with E-state index >= 15 is 0 Å². The van der Waals surface area contributed by atoms with E-state index in [0.717, 1.165) is 35.2 Å². The number of sulfonamides is 1. The number of hydrogen-bond acceptors (Lipinski definition) is 6. The van der Waals surface area contributed by atoms with Crippen molar-refractivity contribution in [1.82, 2.24) is 4.31 Å². The lowest BCUT2D eigenvalue weighted by molar-refractivity contribution is -0.384. The van der Waals surface area contributed by atoms with Crippen molar-refractivity contribution in [2.45, 2.75) is 44.6 Å². The zero-order valence-electron chi connectivity index (χ0n) is 18.1. The summed E-state index contributed by atoms with van der Waals surface area (Å²) in [6, 6.07) is 9.20. The number of nitrogens with zero attached hydrogens (tertiary/aromatic N) is 3. The molecule has 0 spiro atoms. The van der Waals surface area contributed by atoms with Crippen LogP contribution in [0.4, 0.5) is 17.1 Å². The summed E-state index contributed by atoms with van der Waals surface area (Å²) >= 11 is 0. The molecule has 2 aromatic rings. The zero-order chi connectivity index (χ0) is 22.3. The molecule has 2 aromatic carbocycles. The van der Waals surface area contributed by atoms with Crippen LogP contribution in [0.5, 0.6) is 0 Å². The van der Waals surface area contributed by atoms with Gasteiger partial charge in [0.1, 0.15) is 5.69 Å². The number of benzene rings is 2. The van der Waals surface area contributed by atoms with Crippen LogP contribution in [0.25, 0.3) is 0 Å². The molecule has 9 heteroatoms. The maximum absolute atomic E-state index is 13.3. The molecule has 1 aliphatic heterocycles. The van der Waals surface area contributed by atoms with E-state index in [1.807, 2.05) is 39.0 Å². The van der Waals surface area contributed by atoms with Crippen LogP contribution in [-0.4, -0.2) is 49.9 Å². The Morgan fingerprint density at radius 3 is 2.16 bits per heavy atom. The zero-order valence-corrected chi connectivity index (χ0v) is 18.9. The second kappa shape index (κ2) is 8.12. The molecular weight excluding hydrogens is 416 g/mol. The van der Waals surface area contributed by atoms with Crippen LogP contribution in [0.3, 0.4) is 0 Å². The van der Waals surface area contributed by atoms with Crippen LogP contribution < -0.4 is 10.2 Å². The smallest absolute Gasteiger partial charge is 0.292 e. The van der Waals surface area contributed by atoms with Gasteiger partial charge in [-0.25, -0.2) is 8.42 Å². The number of rotatable bonds is 6. The van der Waals surface area contributed by atoms with Crippen molar-refractivity contribution < 1.29 is 13.3 Å². The highest BCUT2D eigenvalue weighted by atomic mass is 32.2. The Hall–Kier alpha value is -2.65. The first-order valence-electron chi connectivity index (χ1n) is 10.5. The SMILES string of the molecule is Cc1cc(C)c(S(=O)(=O)N2CCN(c3ccc([N+](=O)[O-])c(NC4CC4)c3)CC2)c(C)c1. The number of hydrogen-bond donors (Lipinski definition) is 1. The second-order valence-electron chi connectivity index (χ2n) is 8.50. The Balaban J connectivity index is 1.52. The molecule has 0 radical (unpaired) electrons. The third-order valence-corrected chi connectivity index (χ3v) is 8.12. The minimum atomic E-state index is -3.57. The van der Waals surface area contributed by atoms with Gasteiger partial charge in [-0.1, -0.05) is 17.7 Å². The lowest BCUT2D eigenvalue weighted by Gasteiger charge is -2.36. The minimum Gasteiger partial charge on any atom is -0.377 e. The van der Waals surface area contributed by atoms with Gasteiger partial charge < -0.3 is 10.2 Å². The summed E-state index contributed by atoms with van der Waals surface area (Å²) < 4.78 is 28.2. The average molecular weight is 445 g/mol. The first-order chi connectivity index (χ1) is 14.7. The Morgan fingerprint density at radius 1 is 1.00 bits per heavy atom. The number of nitro benzene ring substituents is 1. The normalized spacial score (nSPS) is 17.6. The number of nitro groups is 1. The molecule has 0 aromatic heterocycles. The number of aryl methyl sites for hydroxylation is 3. The Bertz CT molecular complexity index is 1100. The van der Waals surface area contributed by atoms with Gasteiger partial charge in [-0.2, -0.15) is 4.31 Å². The number of nitrogens with one attached hydrogen (secondary N) is 1. The van der Waals surface area contributed by atoms with Crippen molar-refractivity contribution in [3.05, 3.63) is 57.1 Å². The molecule has 2 aliphatic rings. The molecule has 31 heavy (non-hydrogen) atoms. The standard InChI is InChI=1S/C22H28N4O4S/c1-15-12-16(2)22(17(3)13-15)31(29,30)25-10-8-24(9-11-25)19-6-7-21(26(27)28)20(14-19)23-18-4-5-18/h6-7,12-14,18,23H,4-5,8-11H2,1-3H3. The third kappa shape index (κ3) is 4.38. The van der Waals surface area contributed by atoms with E-state index in [1.165, 1.54) is 6.07 Å². The number of anilines is 2. The van der Waals surface area contributed by atoms with Crippen molar-refractivity contribution in [3.8, 4) is 0 Å². The summed E-state index contributed by atoms with van der Waals surface area (Å²) in [6.07, 6.45) is 2.05. The summed E-state index contributed by atoms with van der Waals surface area (Å²) in [4.78, 5) is 13.5. The summed E-state index contributed by atoms with van der Waals surface area (Å²) in [7, 11) is -3.57. The molecule has 1 heterocycles. The lowest BCUT2D eigenvalue weighted by Crippen LogP contribution is -2.49. The van der Waals surface area contributed by atoms with Crippen molar-refractivity contribution >= 4 is 27.1 Å². The van der Waals surface area contributed by atoms with Gasteiger partial charge in [-0.15, -0.1) is 0 Å². The molecule has 1 saturated carbocycles. The molecule has 0 amide bonds. The van der Waals surface area contributed by atoms with Crippen LogP contribution >= 0.6 is 0 Å². The van der Waals surface area contributed by atoms with Gasteiger partial charge in [0, 0.05) is 44.0 Å². The molecule has 2 fully saturated rings. The molecule has 166 valence electrons. The fraction of sp³-hybridized carbons (Fsp3) is 0.455. The summed E-state index contributed by atoms with van der Waals surface area (Å²) in [6.45, 7) is 7.46. The fourth-order valence-corrected chi connectivity index (χ4v) is 6.17. The Labute approximate surface area is 183 Å². The lowest BCUT2D eigenvalue weighted by atomic mass is 10.1. The van der Waals surface area contributed by atoms with Gasteiger partial charge in [0.15, 0.2) is 0 Å². The predicted octanol–water partition coefficient (Wildman–Crippen LogP) is 3.61. The van der Waals surface area contributed by atoms with Crippen molar-refractivity contribution in [2.24, 2.45) is 0 Å². The monoisotopic (exact) mass is 444 g/mol. The largest absolute Gasteiger partial charge is 0.377 e. The molecule has 4 rings (SSSR count). The van der Waals surface area contributed by atoms with E-state index < -0.39 is 10.0 Å². The van der Waals surface area contributed by atoms with Crippen LogP contribution in [-0.2, 0) is 10.0 Å². The van der Waals surface area contributed by atoms with Gasteiger partial charge in [-0.05, 0) is 56.9 Å². The van der Waals surface area contributed by atoms with E-state index in [-0.39, 0.29) is 10.6 Å². The summed E-state index contributed by atoms with van der Waals surface area (Å²) in [5.74, 6) is 0. The van der Waals surface area contributed by atoms with E-state index in [1.54, 1.807) is 10.4 Å². The third-order valence-electron chi connectivity index (χ3n) is 5.92. The van der Waals surface area contributed by atoms with Crippen molar-refractivity contribution in [2.75, 3.05) is 36.4 Å². The van der Waals surface area contributed by atoms with E-state index in [2.05, 4.69) is 10.2 Å². The highest BCUT2D eigenvalue weighted by molar-refractivity contribution is 7.89. The van der Waals surface area contributed by atoms with E-state index in [9.17, 15) is 18.5 Å². The first-order valence-corrected chi connectivity index (χ1v) is 12.0. The van der Waals surface area contributed by atoms with Crippen LogP contribution in [0, 0.1) is 30.9 Å². The quantitative estimate of drug-likeness (QED) is 0.540. The fourth-order valence-electron chi connectivity index (χ4n) is 4.33. The topological polar surface area (TPSA) is 95.8 Å². The van der Waals surface area contributed by atoms with Gasteiger partial charge in [0.2, 0.25) is 10.0 Å². The van der Waals surface area contributed by atoms with E-state index in [4.69, 9.17) is 0 Å². The molecular formula is C22H28N4O4S. The van der Waals surface area contributed by atoms with Crippen LogP contribution in [0.2, 0.25) is 0 Å². The maximum Gasteiger partial charge on any atom is 0.292 e. The maximum atomic E-state index is 13.3. The van der Waals surface area contributed by atoms with Crippen molar-refractivity contribution in [1.29, 1.82) is 0 Å². The van der Waals surface area contributed by atoms with E-state index in [0.29, 0.717) is 42.8 Å². The second-order valence-corrected chi connectivity index (χ2v) is 10.4. The van der Waals surface area contributed by atoms with Crippen molar-refractivity contribution in [3.63, 3.8) is 0 Å². The van der Waals surface area contributed by atoms with Gasteiger partial charge >= 0.3 is 0 Å². The minimum absolute atomic E-state index is 0.0715. The van der Waals surface area contributed by atoms with Gasteiger partial charge in [-0.3, -0.25) is 10.1 Å². The molecule has 1 N–H and O–H groups in total. The highest BCUT2D eigenvalue weighted by Crippen LogP contribution is 2.34. The highest BCUT2D eigenvalue weighted by Gasteiger charge is 2.32. The summed E-state index contributed by atoms with van der Waals surface area (Å²) in [5.41, 5.74) is 4.06. The van der Waals surface area contributed by atoms with Gasteiger partial charge in [0.25, 0.3) is 5.69 Å². The molecule has 0 bridgehead atoms.